The first-order valence-electron chi connectivity index (χ1n) is 6.39. The second-order valence-electron chi connectivity index (χ2n) is 5.65. The highest BCUT2D eigenvalue weighted by Gasteiger charge is 2.32. The molecule has 1 fully saturated rings. The van der Waals surface area contributed by atoms with E-state index in [0.29, 0.717) is 11.5 Å². The molecule has 0 aliphatic heterocycles. The van der Waals surface area contributed by atoms with Crippen LogP contribution in [-0.4, -0.2) is 16.1 Å². The van der Waals surface area contributed by atoms with Gasteiger partial charge in [0, 0.05) is 25.0 Å². The lowest BCUT2D eigenvalue weighted by Gasteiger charge is -2.19. The lowest BCUT2D eigenvalue weighted by molar-refractivity contribution is 0.359. The van der Waals surface area contributed by atoms with Gasteiger partial charge in [0.15, 0.2) is 0 Å². The molecule has 2 rings (SSSR count). The minimum atomic E-state index is 0.497. The van der Waals surface area contributed by atoms with E-state index in [9.17, 15) is 0 Å². The number of hydrogen-bond donors (Lipinski definition) is 1. The summed E-state index contributed by atoms with van der Waals surface area (Å²) in [5.74, 6) is 1.05. The van der Waals surface area contributed by atoms with Gasteiger partial charge in [-0.05, 0) is 31.1 Å². The van der Waals surface area contributed by atoms with Crippen LogP contribution in [0.2, 0.25) is 0 Å². The fraction of sp³-hybridized carbons (Fsp3) is 0.769. The van der Waals surface area contributed by atoms with E-state index in [-0.39, 0.29) is 0 Å². The zero-order chi connectivity index (χ0) is 11.6. The quantitative estimate of drug-likeness (QED) is 0.844. The van der Waals surface area contributed by atoms with Gasteiger partial charge < -0.3 is 9.88 Å². The summed E-state index contributed by atoms with van der Waals surface area (Å²) in [6, 6.07) is 0.636. The predicted octanol–water partition coefficient (Wildman–Crippen LogP) is 3.46. The second-order valence-corrected chi connectivity index (χ2v) is 5.65. The Labute approximate surface area is 98.3 Å². The van der Waals surface area contributed by atoms with Crippen LogP contribution in [0.3, 0.4) is 0 Å². The summed E-state index contributed by atoms with van der Waals surface area (Å²) in [6.07, 6.45) is 9.04. The summed E-state index contributed by atoms with van der Waals surface area (Å²) < 4.78 is 2.32. The highest BCUT2D eigenvalue weighted by molar-refractivity contribution is 5.26. The van der Waals surface area contributed by atoms with Crippen molar-refractivity contribution in [2.45, 2.75) is 52.5 Å². The van der Waals surface area contributed by atoms with Crippen LogP contribution >= 0.6 is 0 Å². The molecule has 0 aromatic carbocycles. The SMILES string of the molecule is CCCNc1nccn1C1CCC(C)(C)C1. The minimum Gasteiger partial charge on any atom is -0.356 e. The summed E-state index contributed by atoms with van der Waals surface area (Å²) in [4.78, 5) is 4.40. The summed E-state index contributed by atoms with van der Waals surface area (Å²) in [6.45, 7) is 7.91. The molecule has 1 aliphatic carbocycles. The van der Waals surface area contributed by atoms with E-state index in [2.05, 4.69) is 41.8 Å². The van der Waals surface area contributed by atoms with Gasteiger partial charge in [-0.3, -0.25) is 0 Å². The Morgan fingerprint density at radius 1 is 1.56 bits per heavy atom. The third-order valence-electron chi connectivity index (χ3n) is 3.54. The molecule has 1 aromatic heterocycles. The molecule has 3 nitrogen and oxygen atoms in total. The Morgan fingerprint density at radius 3 is 3.00 bits per heavy atom. The molecule has 1 heterocycles. The maximum absolute atomic E-state index is 4.40. The molecule has 0 bridgehead atoms. The largest absolute Gasteiger partial charge is 0.356 e. The first kappa shape index (κ1) is 11.5. The van der Waals surface area contributed by atoms with Crippen molar-refractivity contribution in [3.8, 4) is 0 Å². The lowest BCUT2D eigenvalue weighted by atomic mass is 9.92. The minimum absolute atomic E-state index is 0.497. The van der Waals surface area contributed by atoms with Crippen LogP contribution in [0, 0.1) is 5.41 Å². The lowest BCUT2D eigenvalue weighted by Crippen LogP contribution is -2.13. The number of nitrogens with zero attached hydrogens (tertiary/aromatic N) is 2. The molecule has 1 N–H and O–H groups in total. The van der Waals surface area contributed by atoms with Crippen LogP contribution in [0.5, 0.6) is 0 Å². The summed E-state index contributed by atoms with van der Waals surface area (Å²) in [5.41, 5.74) is 0.497. The molecule has 0 radical (unpaired) electrons. The topological polar surface area (TPSA) is 29.9 Å². The molecular formula is C13H23N3. The van der Waals surface area contributed by atoms with Crippen LogP contribution < -0.4 is 5.32 Å². The van der Waals surface area contributed by atoms with Crippen LogP contribution in [-0.2, 0) is 0 Å². The van der Waals surface area contributed by atoms with Crippen molar-refractivity contribution < 1.29 is 0 Å². The number of imidazole rings is 1. The van der Waals surface area contributed by atoms with Crippen molar-refractivity contribution in [1.29, 1.82) is 0 Å². The monoisotopic (exact) mass is 221 g/mol. The van der Waals surface area contributed by atoms with Crippen LogP contribution in [0.4, 0.5) is 5.95 Å². The third kappa shape index (κ3) is 2.39. The van der Waals surface area contributed by atoms with Crippen molar-refractivity contribution in [2.75, 3.05) is 11.9 Å². The molecule has 1 atom stereocenters. The summed E-state index contributed by atoms with van der Waals surface area (Å²) in [7, 11) is 0. The van der Waals surface area contributed by atoms with E-state index in [1.165, 1.54) is 19.3 Å². The molecule has 90 valence electrons. The van der Waals surface area contributed by atoms with Crippen molar-refractivity contribution in [2.24, 2.45) is 5.41 Å². The van der Waals surface area contributed by atoms with Gasteiger partial charge in [-0.25, -0.2) is 4.98 Å². The van der Waals surface area contributed by atoms with Crippen molar-refractivity contribution >= 4 is 5.95 Å². The molecule has 1 aromatic rings. The number of hydrogen-bond acceptors (Lipinski definition) is 2. The van der Waals surface area contributed by atoms with Gasteiger partial charge in [-0.2, -0.15) is 0 Å². The van der Waals surface area contributed by atoms with Gasteiger partial charge in [0.25, 0.3) is 0 Å². The smallest absolute Gasteiger partial charge is 0.203 e. The zero-order valence-corrected chi connectivity index (χ0v) is 10.7. The first-order valence-corrected chi connectivity index (χ1v) is 6.39. The van der Waals surface area contributed by atoms with Crippen molar-refractivity contribution in [3.63, 3.8) is 0 Å². The fourth-order valence-corrected chi connectivity index (χ4v) is 2.62. The van der Waals surface area contributed by atoms with Gasteiger partial charge in [0.1, 0.15) is 0 Å². The number of nitrogens with one attached hydrogen (secondary N) is 1. The molecule has 0 spiro atoms. The Bertz CT molecular complexity index is 341. The third-order valence-corrected chi connectivity index (χ3v) is 3.54. The van der Waals surface area contributed by atoms with Crippen LogP contribution in [0.15, 0.2) is 12.4 Å². The molecule has 1 unspecified atom stereocenters. The van der Waals surface area contributed by atoms with Gasteiger partial charge >= 0.3 is 0 Å². The molecule has 3 heteroatoms. The van der Waals surface area contributed by atoms with Crippen LogP contribution in [0.1, 0.15) is 52.5 Å². The number of rotatable bonds is 4. The predicted molar refractivity (Wildman–Crippen MR) is 67.7 cm³/mol. The van der Waals surface area contributed by atoms with Crippen LogP contribution in [0.25, 0.3) is 0 Å². The first-order chi connectivity index (χ1) is 7.62. The van der Waals surface area contributed by atoms with Crippen molar-refractivity contribution in [1.82, 2.24) is 9.55 Å². The summed E-state index contributed by atoms with van der Waals surface area (Å²) >= 11 is 0. The molecule has 1 saturated carbocycles. The molecular weight excluding hydrogens is 198 g/mol. The summed E-state index contributed by atoms with van der Waals surface area (Å²) in [5, 5.41) is 3.40. The van der Waals surface area contributed by atoms with Gasteiger partial charge in [0.2, 0.25) is 5.95 Å². The van der Waals surface area contributed by atoms with Gasteiger partial charge in [0.05, 0.1) is 0 Å². The van der Waals surface area contributed by atoms with E-state index in [4.69, 9.17) is 0 Å². The van der Waals surface area contributed by atoms with E-state index in [1.54, 1.807) is 0 Å². The maximum Gasteiger partial charge on any atom is 0.203 e. The molecule has 0 saturated heterocycles. The van der Waals surface area contributed by atoms with Gasteiger partial charge in [-0.1, -0.05) is 20.8 Å². The Hall–Kier alpha value is -0.990. The Kier molecular flexibility index (Phi) is 3.22. The maximum atomic E-state index is 4.40. The van der Waals surface area contributed by atoms with E-state index in [0.717, 1.165) is 18.9 Å². The standard InChI is InChI=1S/C13H23N3/c1-4-7-14-12-15-8-9-16(12)11-5-6-13(2,3)10-11/h8-9,11H,4-7,10H2,1-3H3,(H,14,15). The van der Waals surface area contributed by atoms with E-state index in [1.807, 2.05) is 6.20 Å². The second kappa shape index (κ2) is 4.48. The zero-order valence-electron chi connectivity index (χ0n) is 10.7. The normalized spacial score (nSPS) is 23.6. The Balaban J connectivity index is 2.06. The molecule has 1 aliphatic rings. The number of aromatic nitrogens is 2. The van der Waals surface area contributed by atoms with Gasteiger partial charge in [-0.15, -0.1) is 0 Å². The molecule has 0 amide bonds. The average molecular weight is 221 g/mol. The number of anilines is 1. The highest BCUT2D eigenvalue weighted by Crippen LogP contribution is 2.44. The van der Waals surface area contributed by atoms with Crippen molar-refractivity contribution in [3.05, 3.63) is 12.4 Å². The molecule has 16 heavy (non-hydrogen) atoms. The average Bonchev–Trinajstić information content (AvgIpc) is 2.81. The van der Waals surface area contributed by atoms with E-state index < -0.39 is 0 Å². The fourth-order valence-electron chi connectivity index (χ4n) is 2.62. The van der Waals surface area contributed by atoms with E-state index >= 15 is 0 Å². The highest BCUT2D eigenvalue weighted by atomic mass is 15.2. The Morgan fingerprint density at radius 2 is 2.38 bits per heavy atom.